The molecule has 0 spiro atoms. The molecule has 0 fully saturated rings. The van der Waals surface area contributed by atoms with Crippen LogP contribution >= 0.6 is 10.7 Å². The van der Waals surface area contributed by atoms with Crippen molar-refractivity contribution in [2.45, 2.75) is 11.5 Å². The van der Waals surface area contributed by atoms with Crippen molar-refractivity contribution in [3.8, 4) is 5.75 Å². The summed E-state index contributed by atoms with van der Waals surface area (Å²) < 4.78 is 64.0. The molecule has 0 saturated heterocycles. The van der Waals surface area contributed by atoms with Gasteiger partial charge in [-0.05, 0) is 0 Å². The first-order chi connectivity index (χ1) is 7.27. The van der Waals surface area contributed by atoms with Crippen LogP contribution in [-0.2, 0) is 9.05 Å². The van der Waals surface area contributed by atoms with Crippen molar-refractivity contribution < 1.29 is 26.3 Å². The summed E-state index contributed by atoms with van der Waals surface area (Å²) in [7, 11) is 1.45. The second-order valence-corrected chi connectivity index (χ2v) is 5.11. The Morgan fingerprint density at radius 1 is 1.50 bits per heavy atom. The lowest BCUT2D eigenvalue weighted by atomic mass is 10.3. The molecule has 16 heavy (non-hydrogen) atoms. The van der Waals surface area contributed by atoms with Crippen molar-refractivity contribution in [2.75, 3.05) is 7.11 Å². The molecule has 0 aliphatic carbocycles. The lowest BCUT2D eigenvalue weighted by Crippen LogP contribution is -2.05. The molecule has 0 aliphatic rings. The minimum atomic E-state index is -4.37. The number of nitrogens with zero attached hydrogens (tertiary/aromatic N) is 1. The highest BCUT2D eigenvalue weighted by atomic mass is 35.7. The quantitative estimate of drug-likeness (QED) is 0.793. The zero-order valence-corrected chi connectivity index (χ0v) is 9.32. The summed E-state index contributed by atoms with van der Waals surface area (Å²) in [5, 5.41) is -0.984. The summed E-state index contributed by atoms with van der Waals surface area (Å²) in [6.45, 7) is 0. The van der Waals surface area contributed by atoms with E-state index >= 15 is 0 Å². The number of methoxy groups -OCH3 is 1. The van der Waals surface area contributed by atoms with Gasteiger partial charge in [-0.25, -0.2) is 26.6 Å². The van der Waals surface area contributed by atoms with E-state index in [0.29, 0.717) is 6.07 Å². The van der Waals surface area contributed by atoms with Gasteiger partial charge in [0, 0.05) is 16.7 Å². The van der Waals surface area contributed by atoms with E-state index in [1.165, 1.54) is 0 Å². The molecule has 0 amide bonds. The molecule has 0 saturated carbocycles. The smallest absolute Gasteiger partial charge is 0.284 e. The predicted octanol–water partition coefficient (Wildman–Crippen LogP) is 2.09. The third-order valence-corrected chi connectivity index (χ3v) is 2.77. The Morgan fingerprint density at radius 3 is 2.44 bits per heavy atom. The highest BCUT2D eigenvalue weighted by Crippen LogP contribution is 2.31. The molecule has 90 valence electrons. The number of halogens is 4. The Hall–Kier alpha value is -1.02. The zero-order valence-electron chi connectivity index (χ0n) is 7.75. The normalized spacial score (nSPS) is 11.9. The van der Waals surface area contributed by atoms with E-state index in [9.17, 15) is 21.6 Å². The van der Waals surface area contributed by atoms with Crippen molar-refractivity contribution in [1.29, 1.82) is 0 Å². The van der Waals surface area contributed by atoms with Gasteiger partial charge in [-0.1, -0.05) is 0 Å². The van der Waals surface area contributed by atoms with Gasteiger partial charge in [0.05, 0.1) is 7.11 Å². The van der Waals surface area contributed by atoms with Crippen LogP contribution in [0.4, 0.5) is 13.2 Å². The van der Waals surface area contributed by atoms with Gasteiger partial charge < -0.3 is 4.74 Å². The van der Waals surface area contributed by atoms with Crippen molar-refractivity contribution in [2.24, 2.45) is 0 Å². The van der Waals surface area contributed by atoms with Crippen LogP contribution in [-0.4, -0.2) is 20.5 Å². The van der Waals surface area contributed by atoms with Crippen molar-refractivity contribution in [3.05, 3.63) is 17.6 Å². The van der Waals surface area contributed by atoms with Crippen LogP contribution in [0.25, 0.3) is 0 Å². The number of hydrogen-bond donors (Lipinski definition) is 0. The van der Waals surface area contributed by atoms with Gasteiger partial charge in [-0.15, -0.1) is 0 Å². The lowest BCUT2D eigenvalue weighted by molar-refractivity contribution is 0.139. The SMILES string of the molecule is COc1c(F)cc(S(=O)(=O)Cl)nc1C(F)F. The van der Waals surface area contributed by atoms with Gasteiger partial charge in [-0.3, -0.25) is 0 Å². The molecule has 0 aromatic carbocycles. The molecular weight excluding hydrogens is 271 g/mol. The summed E-state index contributed by atoms with van der Waals surface area (Å²) in [4.78, 5) is 3.04. The standard InChI is InChI=1S/C7H5ClF3NO3S/c1-15-6-3(9)2-4(16(8,13)14)12-5(6)7(10)11/h2,7H,1H3. The van der Waals surface area contributed by atoms with E-state index in [0.717, 1.165) is 7.11 Å². The average Bonchev–Trinajstić information content (AvgIpc) is 2.14. The molecule has 4 nitrogen and oxygen atoms in total. The number of hydrogen-bond acceptors (Lipinski definition) is 4. The van der Waals surface area contributed by atoms with Crippen molar-refractivity contribution >= 4 is 19.7 Å². The first-order valence-electron chi connectivity index (χ1n) is 3.74. The van der Waals surface area contributed by atoms with Gasteiger partial charge in [0.2, 0.25) is 0 Å². The molecule has 1 heterocycles. The Bertz CT molecular complexity index is 506. The minimum Gasteiger partial charge on any atom is -0.492 e. The molecule has 0 N–H and O–H groups in total. The van der Waals surface area contributed by atoms with Gasteiger partial charge in [0.15, 0.2) is 22.3 Å². The fraction of sp³-hybridized carbons (Fsp3) is 0.286. The van der Waals surface area contributed by atoms with Crippen LogP contribution in [0.15, 0.2) is 11.1 Å². The molecule has 1 aromatic heterocycles. The van der Waals surface area contributed by atoms with E-state index < -0.39 is 37.8 Å². The summed E-state index contributed by atoms with van der Waals surface area (Å²) in [6.07, 6.45) is -3.18. The molecule has 9 heteroatoms. The first-order valence-corrected chi connectivity index (χ1v) is 6.05. The maximum Gasteiger partial charge on any atom is 0.284 e. The Labute approximate surface area is 93.4 Å². The van der Waals surface area contributed by atoms with Crippen molar-refractivity contribution in [3.63, 3.8) is 0 Å². The number of aromatic nitrogens is 1. The minimum absolute atomic E-state index is 0.410. The van der Waals surface area contributed by atoms with Crippen LogP contribution < -0.4 is 4.74 Å². The molecule has 0 radical (unpaired) electrons. The molecule has 0 unspecified atom stereocenters. The Morgan fingerprint density at radius 2 is 2.06 bits per heavy atom. The predicted molar refractivity (Wildman–Crippen MR) is 48.7 cm³/mol. The molecule has 0 bridgehead atoms. The Balaban J connectivity index is 3.52. The first kappa shape index (κ1) is 13.0. The summed E-state index contributed by atoms with van der Waals surface area (Å²) >= 11 is 0. The van der Waals surface area contributed by atoms with E-state index in [2.05, 4.69) is 9.72 Å². The monoisotopic (exact) mass is 275 g/mol. The fourth-order valence-electron chi connectivity index (χ4n) is 0.973. The van der Waals surface area contributed by atoms with Crippen LogP contribution in [0, 0.1) is 5.82 Å². The number of pyridine rings is 1. The second-order valence-electron chi connectivity index (χ2n) is 2.60. The third kappa shape index (κ3) is 2.56. The van der Waals surface area contributed by atoms with E-state index in [1.807, 2.05) is 0 Å². The van der Waals surface area contributed by atoms with Gasteiger partial charge >= 0.3 is 0 Å². The molecular formula is C7H5ClF3NO3S. The second kappa shape index (κ2) is 4.46. The number of alkyl halides is 2. The maximum absolute atomic E-state index is 13.2. The highest BCUT2D eigenvalue weighted by Gasteiger charge is 2.25. The van der Waals surface area contributed by atoms with Gasteiger partial charge in [-0.2, -0.15) is 0 Å². The van der Waals surface area contributed by atoms with Crippen molar-refractivity contribution in [1.82, 2.24) is 4.98 Å². The largest absolute Gasteiger partial charge is 0.492 e. The summed E-state index contributed by atoms with van der Waals surface area (Å²) in [5.41, 5.74) is -1.11. The van der Waals surface area contributed by atoms with E-state index in [4.69, 9.17) is 10.7 Å². The maximum atomic E-state index is 13.2. The zero-order chi connectivity index (χ0) is 12.5. The molecule has 1 rings (SSSR count). The van der Waals surface area contributed by atoms with Crippen LogP contribution in [0.2, 0.25) is 0 Å². The third-order valence-electron chi connectivity index (χ3n) is 1.59. The summed E-state index contributed by atoms with van der Waals surface area (Å²) in [5.74, 6) is -2.08. The lowest BCUT2D eigenvalue weighted by Gasteiger charge is -2.08. The highest BCUT2D eigenvalue weighted by molar-refractivity contribution is 8.13. The number of rotatable bonds is 3. The fourth-order valence-corrected chi connectivity index (χ4v) is 1.66. The molecule has 0 aliphatic heterocycles. The molecule has 0 atom stereocenters. The van der Waals surface area contributed by atoms with E-state index in [-0.39, 0.29) is 0 Å². The van der Waals surface area contributed by atoms with Crippen LogP contribution in [0.5, 0.6) is 5.75 Å². The average molecular weight is 276 g/mol. The summed E-state index contributed by atoms with van der Waals surface area (Å²) in [6, 6.07) is 0.410. The van der Waals surface area contributed by atoms with E-state index in [1.54, 1.807) is 0 Å². The van der Waals surface area contributed by atoms with Gasteiger partial charge in [0.1, 0.15) is 0 Å². The number of ether oxygens (including phenoxy) is 1. The Kier molecular flexibility index (Phi) is 3.64. The van der Waals surface area contributed by atoms with Gasteiger partial charge in [0.25, 0.3) is 15.5 Å². The molecule has 1 aromatic rings. The van der Waals surface area contributed by atoms with Crippen LogP contribution in [0.3, 0.4) is 0 Å². The van der Waals surface area contributed by atoms with Crippen LogP contribution in [0.1, 0.15) is 12.1 Å². The topological polar surface area (TPSA) is 56.3 Å².